The van der Waals surface area contributed by atoms with E-state index in [9.17, 15) is 4.79 Å². The molecule has 132 valence electrons. The van der Waals surface area contributed by atoms with Crippen LogP contribution in [0.25, 0.3) is 6.08 Å². The first-order valence-electron chi connectivity index (χ1n) is 8.20. The van der Waals surface area contributed by atoms with Gasteiger partial charge in [0.1, 0.15) is 19.0 Å². The molecule has 0 saturated carbocycles. The van der Waals surface area contributed by atoms with Crippen molar-refractivity contribution in [2.75, 3.05) is 26.9 Å². The van der Waals surface area contributed by atoms with E-state index in [1.807, 2.05) is 55.5 Å². The molecule has 0 bridgehead atoms. The van der Waals surface area contributed by atoms with E-state index in [1.165, 1.54) is 6.08 Å². The first-order chi connectivity index (χ1) is 12.2. The number of benzene rings is 2. The molecule has 2 aromatic carbocycles. The van der Waals surface area contributed by atoms with Crippen molar-refractivity contribution in [2.45, 2.75) is 6.92 Å². The minimum Gasteiger partial charge on any atom is -0.490 e. The Labute approximate surface area is 148 Å². The second-order valence-electron chi connectivity index (χ2n) is 5.10. The number of nitrogens with one attached hydrogen (secondary N) is 1. The van der Waals surface area contributed by atoms with Crippen LogP contribution in [0.4, 0.5) is 0 Å². The van der Waals surface area contributed by atoms with Crippen molar-refractivity contribution in [2.24, 2.45) is 0 Å². The highest BCUT2D eigenvalue weighted by atomic mass is 16.5. The number of ether oxygens (including phenoxy) is 3. The number of hydrogen-bond acceptors (Lipinski definition) is 4. The average molecular weight is 341 g/mol. The van der Waals surface area contributed by atoms with E-state index in [0.717, 1.165) is 11.3 Å². The van der Waals surface area contributed by atoms with Gasteiger partial charge in [0.25, 0.3) is 0 Å². The van der Waals surface area contributed by atoms with Gasteiger partial charge in [-0.15, -0.1) is 0 Å². The van der Waals surface area contributed by atoms with Crippen LogP contribution in [0.3, 0.4) is 0 Å². The van der Waals surface area contributed by atoms with Gasteiger partial charge in [0.05, 0.1) is 6.61 Å². The van der Waals surface area contributed by atoms with Gasteiger partial charge < -0.3 is 19.5 Å². The molecule has 1 amide bonds. The maximum absolute atomic E-state index is 11.3. The van der Waals surface area contributed by atoms with Gasteiger partial charge in [-0.05, 0) is 42.8 Å². The minimum absolute atomic E-state index is 0.156. The van der Waals surface area contributed by atoms with Crippen LogP contribution >= 0.6 is 0 Å². The molecule has 0 atom stereocenters. The lowest BCUT2D eigenvalue weighted by Crippen LogP contribution is -2.13. The Bertz CT molecular complexity index is 698. The number of amides is 1. The Hall–Kier alpha value is -2.95. The zero-order valence-electron chi connectivity index (χ0n) is 14.5. The highest BCUT2D eigenvalue weighted by Gasteiger charge is 2.06. The van der Waals surface area contributed by atoms with Crippen LogP contribution in [0.5, 0.6) is 17.2 Å². The smallest absolute Gasteiger partial charge is 0.243 e. The fraction of sp³-hybridized carbons (Fsp3) is 0.250. The van der Waals surface area contributed by atoms with Crippen molar-refractivity contribution in [1.29, 1.82) is 0 Å². The molecular formula is C20H23NO4. The zero-order valence-corrected chi connectivity index (χ0v) is 14.5. The lowest BCUT2D eigenvalue weighted by molar-refractivity contribution is -0.115. The quantitative estimate of drug-likeness (QED) is 0.562. The third-order valence-corrected chi connectivity index (χ3v) is 3.29. The SMILES string of the molecule is CCOc1cc(C=CC(=O)NC)ccc1OCCOc1ccccc1. The Morgan fingerprint density at radius 1 is 1.00 bits per heavy atom. The van der Waals surface area contributed by atoms with Gasteiger partial charge in [-0.1, -0.05) is 24.3 Å². The molecule has 5 nitrogen and oxygen atoms in total. The number of hydrogen-bond donors (Lipinski definition) is 1. The summed E-state index contributed by atoms with van der Waals surface area (Å²) in [7, 11) is 1.59. The summed E-state index contributed by atoms with van der Waals surface area (Å²) < 4.78 is 17.0. The topological polar surface area (TPSA) is 56.8 Å². The Morgan fingerprint density at radius 3 is 2.48 bits per heavy atom. The molecule has 25 heavy (non-hydrogen) atoms. The van der Waals surface area contributed by atoms with Crippen molar-refractivity contribution in [3.8, 4) is 17.2 Å². The van der Waals surface area contributed by atoms with E-state index in [2.05, 4.69) is 5.32 Å². The monoisotopic (exact) mass is 341 g/mol. The summed E-state index contributed by atoms with van der Waals surface area (Å²) in [5, 5.41) is 2.54. The largest absolute Gasteiger partial charge is 0.490 e. The summed E-state index contributed by atoms with van der Waals surface area (Å²) in [5.41, 5.74) is 0.861. The molecule has 5 heteroatoms. The first kappa shape index (κ1) is 18.4. The lowest BCUT2D eigenvalue weighted by Gasteiger charge is -2.13. The summed E-state index contributed by atoms with van der Waals surface area (Å²) in [6.45, 7) is 3.28. The molecule has 0 aromatic heterocycles. The molecule has 0 spiro atoms. The number of carbonyl (C=O) groups is 1. The molecule has 0 unspecified atom stereocenters. The Kier molecular flexibility index (Phi) is 7.38. The van der Waals surface area contributed by atoms with Crippen LogP contribution in [0.2, 0.25) is 0 Å². The Balaban J connectivity index is 1.94. The van der Waals surface area contributed by atoms with Gasteiger partial charge in [-0.25, -0.2) is 0 Å². The van der Waals surface area contributed by atoms with Gasteiger partial charge in [0.2, 0.25) is 5.91 Å². The van der Waals surface area contributed by atoms with Gasteiger partial charge in [0, 0.05) is 13.1 Å². The molecule has 0 fully saturated rings. The van der Waals surface area contributed by atoms with Gasteiger partial charge in [-0.2, -0.15) is 0 Å². The van der Waals surface area contributed by atoms with E-state index < -0.39 is 0 Å². The van der Waals surface area contributed by atoms with Crippen LogP contribution in [-0.4, -0.2) is 32.8 Å². The third kappa shape index (κ3) is 6.22. The van der Waals surface area contributed by atoms with Gasteiger partial charge in [-0.3, -0.25) is 4.79 Å². The maximum Gasteiger partial charge on any atom is 0.243 e. The van der Waals surface area contributed by atoms with Gasteiger partial charge in [0.15, 0.2) is 11.5 Å². The molecule has 0 aliphatic heterocycles. The van der Waals surface area contributed by atoms with E-state index in [4.69, 9.17) is 14.2 Å². The number of para-hydroxylation sites is 1. The second-order valence-corrected chi connectivity index (χ2v) is 5.10. The van der Waals surface area contributed by atoms with Crippen molar-refractivity contribution in [1.82, 2.24) is 5.32 Å². The van der Waals surface area contributed by atoms with Gasteiger partial charge >= 0.3 is 0 Å². The summed E-state index contributed by atoms with van der Waals surface area (Å²) in [4.78, 5) is 11.3. The highest BCUT2D eigenvalue weighted by molar-refractivity contribution is 5.91. The summed E-state index contributed by atoms with van der Waals surface area (Å²) >= 11 is 0. The predicted octanol–water partition coefficient (Wildman–Crippen LogP) is 3.30. The standard InChI is InChI=1S/C20H23NO4/c1-3-23-19-15-16(10-12-20(22)21-2)9-11-18(19)25-14-13-24-17-7-5-4-6-8-17/h4-12,15H,3,13-14H2,1-2H3,(H,21,22). The number of rotatable bonds is 9. The fourth-order valence-electron chi connectivity index (χ4n) is 2.10. The molecule has 0 aliphatic rings. The van der Waals surface area contributed by atoms with E-state index in [1.54, 1.807) is 13.1 Å². The maximum atomic E-state index is 11.3. The highest BCUT2D eigenvalue weighted by Crippen LogP contribution is 2.29. The molecule has 2 aromatic rings. The summed E-state index contributed by atoms with van der Waals surface area (Å²) in [5.74, 6) is 1.94. The van der Waals surface area contributed by atoms with Crippen LogP contribution in [0, 0.1) is 0 Å². The Morgan fingerprint density at radius 2 is 1.76 bits per heavy atom. The van der Waals surface area contributed by atoms with Crippen LogP contribution < -0.4 is 19.5 Å². The number of likely N-dealkylation sites (N-methyl/N-ethyl adjacent to an activating group) is 1. The number of carbonyl (C=O) groups excluding carboxylic acids is 1. The van der Waals surface area contributed by atoms with Crippen LogP contribution in [-0.2, 0) is 4.79 Å². The van der Waals surface area contributed by atoms with Crippen molar-refractivity contribution in [3.63, 3.8) is 0 Å². The van der Waals surface area contributed by atoms with E-state index in [0.29, 0.717) is 31.3 Å². The molecular weight excluding hydrogens is 318 g/mol. The molecule has 1 N–H and O–H groups in total. The second kappa shape index (κ2) is 10.0. The third-order valence-electron chi connectivity index (χ3n) is 3.29. The first-order valence-corrected chi connectivity index (χ1v) is 8.20. The molecule has 0 saturated heterocycles. The average Bonchev–Trinajstić information content (AvgIpc) is 2.65. The van der Waals surface area contributed by atoms with Crippen molar-refractivity contribution >= 4 is 12.0 Å². The summed E-state index contributed by atoms with van der Waals surface area (Å²) in [6.07, 6.45) is 3.20. The molecule has 2 rings (SSSR count). The minimum atomic E-state index is -0.156. The molecule has 0 heterocycles. The van der Waals surface area contributed by atoms with E-state index >= 15 is 0 Å². The molecule has 0 radical (unpaired) electrons. The van der Waals surface area contributed by atoms with Crippen LogP contribution in [0.15, 0.2) is 54.6 Å². The predicted molar refractivity (Wildman–Crippen MR) is 98.1 cm³/mol. The van der Waals surface area contributed by atoms with Crippen molar-refractivity contribution < 1.29 is 19.0 Å². The van der Waals surface area contributed by atoms with Crippen molar-refractivity contribution in [3.05, 3.63) is 60.2 Å². The van der Waals surface area contributed by atoms with E-state index in [-0.39, 0.29) is 5.91 Å². The normalized spacial score (nSPS) is 10.5. The zero-order chi connectivity index (χ0) is 17.9. The van der Waals surface area contributed by atoms with Crippen LogP contribution in [0.1, 0.15) is 12.5 Å². The summed E-state index contributed by atoms with van der Waals surface area (Å²) in [6, 6.07) is 15.1. The molecule has 0 aliphatic carbocycles. The lowest BCUT2D eigenvalue weighted by atomic mass is 10.2. The fourth-order valence-corrected chi connectivity index (χ4v) is 2.10.